The van der Waals surface area contributed by atoms with Crippen molar-refractivity contribution in [2.75, 3.05) is 20.6 Å². The van der Waals surface area contributed by atoms with E-state index >= 15 is 0 Å². The molecule has 1 aliphatic rings. The second-order valence-corrected chi connectivity index (χ2v) is 4.32. The lowest BCUT2D eigenvalue weighted by atomic mass is 10.0. The Morgan fingerprint density at radius 2 is 2.00 bits per heavy atom. The van der Waals surface area contributed by atoms with Gasteiger partial charge in [-0.1, -0.05) is 6.92 Å². The highest BCUT2D eigenvalue weighted by atomic mass is 15.3. The summed E-state index contributed by atoms with van der Waals surface area (Å²) in [5.74, 6) is 0.991. The van der Waals surface area contributed by atoms with Gasteiger partial charge in [0.05, 0.1) is 26.7 Å². The Balaban J connectivity index is 2.53. The van der Waals surface area contributed by atoms with Crippen LogP contribution < -0.4 is 0 Å². The van der Waals surface area contributed by atoms with Crippen molar-refractivity contribution in [2.24, 2.45) is 5.92 Å². The first-order chi connectivity index (χ1) is 4.56. The summed E-state index contributed by atoms with van der Waals surface area (Å²) in [5.41, 5.74) is 0. The van der Waals surface area contributed by atoms with Crippen molar-refractivity contribution in [1.29, 1.82) is 0 Å². The molecule has 1 rings (SSSR count). The van der Waals surface area contributed by atoms with Crippen molar-refractivity contribution in [3.8, 4) is 0 Å². The van der Waals surface area contributed by atoms with E-state index < -0.39 is 0 Å². The molecule has 0 aromatic heterocycles. The molecule has 0 bridgehead atoms. The number of nitrogens with zero attached hydrogens (tertiary/aromatic N) is 1. The summed E-state index contributed by atoms with van der Waals surface area (Å²) in [6.45, 7) is 6.07. The van der Waals surface area contributed by atoms with Crippen molar-refractivity contribution in [3.05, 3.63) is 0 Å². The number of hydrogen-bond acceptors (Lipinski definition) is 0. The molecule has 0 N–H and O–H groups in total. The van der Waals surface area contributed by atoms with Gasteiger partial charge in [0.25, 0.3) is 0 Å². The largest absolute Gasteiger partial charge is 0.326 e. The van der Waals surface area contributed by atoms with Crippen molar-refractivity contribution < 1.29 is 4.48 Å². The Hall–Kier alpha value is -0.0400. The highest BCUT2D eigenvalue weighted by Gasteiger charge is 2.36. The Morgan fingerprint density at radius 3 is 2.20 bits per heavy atom. The number of rotatable bonds is 1. The Bertz CT molecular complexity index is 118. The average Bonchev–Trinajstić information content (AvgIpc) is 2.08. The van der Waals surface area contributed by atoms with Gasteiger partial charge in [-0.2, -0.15) is 0 Å². The van der Waals surface area contributed by atoms with Crippen LogP contribution in [0.2, 0.25) is 0 Å². The summed E-state index contributed by atoms with van der Waals surface area (Å²) in [7, 11) is 4.70. The first kappa shape index (κ1) is 8.06. The minimum absolute atomic E-state index is 0.880. The van der Waals surface area contributed by atoms with Gasteiger partial charge in [0, 0.05) is 12.3 Å². The molecule has 0 spiro atoms. The normalized spacial score (nSPS) is 38.4. The van der Waals surface area contributed by atoms with E-state index in [1.807, 2.05) is 0 Å². The molecule has 1 aliphatic heterocycles. The summed E-state index contributed by atoms with van der Waals surface area (Å²) in [5, 5.41) is 0. The Kier molecular flexibility index (Phi) is 2.04. The van der Waals surface area contributed by atoms with Crippen LogP contribution in [-0.4, -0.2) is 31.2 Å². The van der Waals surface area contributed by atoms with Gasteiger partial charge in [-0.25, -0.2) is 0 Å². The number of likely N-dealkylation sites (tertiary alicyclic amines) is 1. The van der Waals surface area contributed by atoms with Crippen LogP contribution in [-0.2, 0) is 0 Å². The fraction of sp³-hybridized carbons (Fsp3) is 1.00. The zero-order valence-electron chi connectivity index (χ0n) is 7.72. The first-order valence-electron chi connectivity index (χ1n) is 4.39. The minimum atomic E-state index is 0.880. The molecule has 0 aromatic rings. The molecular weight excluding hydrogens is 122 g/mol. The quantitative estimate of drug-likeness (QED) is 0.490. The molecule has 0 saturated carbocycles. The molecule has 60 valence electrons. The molecule has 0 amide bonds. The predicted octanol–water partition coefficient (Wildman–Crippen LogP) is 1.88. The third-order valence-corrected chi connectivity index (χ3v) is 3.17. The van der Waals surface area contributed by atoms with E-state index in [4.69, 9.17) is 0 Å². The smallest absolute Gasteiger partial charge is 0.0862 e. The summed E-state index contributed by atoms with van der Waals surface area (Å²) in [6, 6.07) is 0.880. The summed E-state index contributed by atoms with van der Waals surface area (Å²) in [4.78, 5) is 0. The van der Waals surface area contributed by atoms with Gasteiger partial charge < -0.3 is 4.48 Å². The maximum atomic E-state index is 2.37. The van der Waals surface area contributed by atoms with Crippen molar-refractivity contribution in [2.45, 2.75) is 32.7 Å². The van der Waals surface area contributed by atoms with E-state index in [1.54, 1.807) is 0 Å². The third-order valence-electron chi connectivity index (χ3n) is 3.17. The van der Waals surface area contributed by atoms with Crippen LogP contribution in [0.5, 0.6) is 0 Å². The number of quaternary nitrogens is 1. The van der Waals surface area contributed by atoms with Crippen LogP contribution in [0.3, 0.4) is 0 Å². The molecule has 0 aliphatic carbocycles. The van der Waals surface area contributed by atoms with Gasteiger partial charge in [0.15, 0.2) is 0 Å². The molecule has 10 heavy (non-hydrogen) atoms. The van der Waals surface area contributed by atoms with Crippen LogP contribution >= 0.6 is 0 Å². The van der Waals surface area contributed by atoms with Crippen LogP contribution in [0.4, 0.5) is 0 Å². The average molecular weight is 142 g/mol. The highest BCUT2D eigenvalue weighted by molar-refractivity contribution is 4.69. The van der Waals surface area contributed by atoms with E-state index in [-0.39, 0.29) is 0 Å². The molecule has 1 heterocycles. The lowest BCUT2D eigenvalue weighted by molar-refractivity contribution is -0.901. The topological polar surface area (TPSA) is 0 Å². The molecule has 1 fully saturated rings. The third kappa shape index (κ3) is 1.34. The molecule has 1 nitrogen and oxygen atoms in total. The molecule has 2 unspecified atom stereocenters. The van der Waals surface area contributed by atoms with E-state index in [2.05, 4.69) is 27.9 Å². The first-order valence-corrected chi connectivity index (χ1v) is 4.39. The van der Waals surface area contributed by atoms with Gasteiger partial charge in [-0.15, -0.1) is 0 Å². The van der Waals surface area contributed by atoms with Gasteiger partial charge >= 0.3 is 0 Å². The van der Waals surface area contributed by atoms with Gasteiger partial charge in [0.2, 0.25) is 0 Å². The molecule has 1 saturated heterocycles. The van der Waals surface area contributed by atoms with Crippen molar-refractivity contribution in [1.82, 2.24) is 0 Å². The van der Waals surface area contributed by atoms with Crippen LogP contribution in [0.1, 0.15) is 26.7 Å². The lowest BCUT2D eigenvalue weighted by Crippen LogP contribution is -2.42. The van der Waals surface area contributed by atoms with Crippen LogP contribution in [0.25, 0.3) is 0 Å². The molecule has 1 heteroatoms. The summed E-state index contributed by atoms with van der Waals surface area (Å²) in [6.07, 6.45) is 2.80. The minimum Gasteiger partial charge on any atom is -0.326 e. The van der Waals surface area contributed by atoms with Gasteiger partial charge in [-0.05, 0) is 13.3 Å². The fourth-order valence-corrected chi connectivity index (χ4v) is 1.98. The van der Waals surface area contributed by atoms with Gasteiger partial charge in [-0.3, -0.25) is 0 Å². The fourth-order valence-electron chi connectivity index (χ4n) is 1.98. The second kappa shape index (κ2) is 2.54. The van der Waals surface area contributed by atoms with Crippen molar-refractivity contribution in [3.63, 3.8) is 0 Å². The zero-order valence-corrected chi connectivity index (χ0v) is 7.72. The van der Waals surface area contributed by atoms with Crippen LogP contribution in [0.15, 0.2) is 0 Å². The molecule has 2 atom stereocenters. The highest BCUT2D eigenvalue weighted by Crippen LogP contribution is 2.28. The van der Waals surface area contributed by atoms with E-state index in [9.17, 15) is 0 Å². The van der Waals surface area contributed by atoms with E-state index in [1.165, 1.54) is 23.9 Å². The predicted molar refractivity (Wildman–Crippen MR) is 44.8 cm³/mol. The maximum Gasteiger partial charge on any atom is 0.0862 e. The number of hydrogen-bond donors (Lipinski definition) is 0. The Labute approximate surface area is 64.6 Å². The Morgan fingerprint density at radius 1 is 1.40 bits per heavy atom. The molecular formula is C9H20N+. The molecule has 0 radical (unpaired) electrons. The zero-order chi connectivity index (χ0) is 7.78. The van der Waals surface area contributed by atoms with E-state index in [0.29, 0.717) is 0 Å². The van der Waals surface area contributed by atoms with Crippen LogP contribution in [0, 0.1) is 5.92 Å². The van der Waals surface area contributed by atoms with Gasteiger partial charge in [0.1, 0.15) is 0 Å². The summed E-state index contributed by atoms with van der Waals surface area (Å²) >= 11 is 0. The van der Waals surface area contributed by atoms with E-state index in [0.717, 1.165) is 12.0 Å². The maximum absolute atomic E-state index is 2.37. The monoisotopic (exact) mass is 142 g/mol. The van der Waals surface area contributed by atoms with Crippen molar-refractivity contribution >= 4 is 0 Å². The standard InChI is InChI=1S/C9H20N/c1-5-9-6-8(2)10(3,4)7-9/h8-9H,5-7H2,1-4H3/q+1. The lowest BCUT2D eigenvalue weighted by Gasteiger charge is -2.29. The summed E-state index contributed by atoms with van der Waals surface area (Å²) < 4.78 is 1.23. The second-order valence-electron chi connectivity index (χ2n) is 4.32. The molecule has 0 aromatic carbocycles. The SMILES string of the molecule is CCC1CC(C)[N+](C)(C)C1.